The summed E-state index contributed by atoms with van der Waals surface area (Å²) >= 11 is 1.30. The number of carbonyl (C=O) groups is 1. The molecule has 3 aromatic carbocycles. The van der Waals surface area contributed by atoms with E-state index in [0.29, 0.717) is 22.4 Å². The Balaban J connectivity index is 1.41. The van der Waals surface area contributed by atoms with E-state index in [9.17, 15) is 9.18 Å². The Morgan fingerprint density at radius 1 is 1.03 bits per heavy atom. The molecular weight excluding hydrogens is 469 g/mol. The van der Waals surface area contributed by atoms with Crippen LogP contribution in [0.25, 0.3) is 0 Å². The molecule has 4 aromatic rings. The third-order valence-electron chi connectivity index (χ3n) is 5.46. The number of para-hydroxylation sites is 1. The van der Waals surface area contributed by atoms with Crippen molar-refractivity contribution < 1.29 is 18.7 Å². The molecule has 0 aliphatic carbocycles. The van der Waals surface area contributed by atoms with Crippen molar-refractivity contribution in [3.63, 3.8) is 0 Å². The lowest BCUT2D eigenvalue weighted by Crippen LogP contribution is -2.41. The van der Waals surface area contributed by atoms with E-state index in [-0.39, 0.29) is 18.3 Å². The summed E-state index contributed by atoms with van der Waals surface area (Å²) in [5.74, 6) is 1.40. The molecule has 2 atom stereocenters. The van der Waals surface area contributed by atoms with Gasteiger partial charge in [0.15, 0.2) is 5.82 Å². The zero-order valence-electron chi connectivity index (χ0n) is 18.7. The van der Waals surface area contributed by atoms with E-state index < -0.39 is 11.3 Å². The van der Waals surface area contributed by atoms with Gasteiger partial charge < -0.3 is 20.2 Å². The molecule has 178 valence electrons. The molecule has 35 heavy (non-hydrogen) atoms. The Morgan fingerprint density at radius 2 is 1.77 bits per heavy atom. The highest BCUT2D eigenvalue weighted by atomic mass is 32.2. The molecule has 5 rings (SSSR count). The topological polar surface area (TPSA) is 90.3 Å². The number of aromatic nitrogens is 3. The summed E-state index contributed by atoms with van der Waals surface area (Å²) in [6, 6.07) is 22.2. The summed E-state index contributed by atoms with van der Waals surface area (Å²) < 4.78 is 26.2. The van der Waals surface area contributed by atoms with Gasteiger partial charge in [0.2, 0.25) is 11.1 Å². The number of hydrogen-bond donors (Lipinski definition) is 2. The maximum Gasteiger partial charge on any atom is 0.240 e. The lowest BCUT2D eigenvalue weighted by molar-refractivity contribution is -0.116. The number of benzene rings is 3. The molecule has 8 nitrogen and oxygen atoms in total. The zero-order chi connectivity index (χ0) is 24.2. The number of anilines is 1. The van der Waals surface area contributed by atoms with Crippen LogP contribution in [0.4, 0.5) is 10.1 Å². The highest BCUT2D eigenvalue weighted by Gasteiger charge is 2.38. The molecule has 0 radical (unpaired) electrons. The Kier molecular flexibility index (Phi) is 6.53. The summed E-state index contributed by atoms with van der Waals surface area (Å²) in [7, 11) is 1.60. The van der Waals surface area contributed by atoms with E-state index in [1.165, 1.54) is 36.0 Å². The fraction of sp³-hybridized carbons (Fsp3) is 0.160. The largest absolute Gasteiger partial charge is 0.497 e. The third-order valence-corrected chi connectivity index (χ3v) is 6.68. The number of fused-ring (bicyclic) bond motifs is 1. The SMILES string of the molecule is COc1ccc([C@H]2Nn3c(COc4ccccc4)nnc3S[C@H]2C(=O)Nc2ccc(F)cc2)cc1. The molecule has 10 heteroatoms. The first-order chi connectivity index (χ1) is 17.1. The maximum absolute atomic E-state index is 13.3. The van der Waals surface area contributed by atoms with Crippen LogP contribution in [-0.4, -0.2) is 33.1 Å². The van der Waals surface area contributed by atoms with Crippen LogP contribution in [0.15, 0.2) is 84.0 Å². The summed E-state index contributed by atoms with van der Waals surface area (Å²) in [5.41, 5.74) is 4.78. The standard InChI is InChI=1S/C25H22FN5O3S/c1-33-19-13-7-16(8-14-19)22-23(24(32)27-18-11-9-17(26)10-12-18)35-25-29-28-21(31(25)30-22)15-34-20-5-3-2-4-6-20/h2-14,22-23,30H,15H2,1H3,(H,27,32)/t22-,23-/m1/s1. The van der Waals surface area contributed by atoms with Crippen LogP contribution >= 0.6 is 11.8 Å². The van der Waals surface area contributed by atoms with Gasteiger partial charge in [0.1, 0.15) is 29.2 Å². The highest BCUT2D eigenvalue weighted by Crippen LogP contribution is 2.38. The van der Waals surface area contributed by atoms with Crippen molar-refractivity contribution in [3.8, 4) is 11.5 Å². The molecular formula is C25H22FN5O3S. The number of thioether (sulfide) groups is 1. The molecule has 2 heterocycles. The van der Waals surface area contributed by atoms with E-state index in [2.05, 4.69) is 20.9 Å². The van der Waals surface area contributed by atoms with Gasteiger partial charge in [-0.05, 0) is 54.1 Å². The van der Waals surface area contributed by atoms with E-state index >= 15 is 0 Å². The van der Waals surface area contributed by atoms with Crippen molar-refractivity contribution in [1.82, 2.24) is 14.9 Å². The second-order valence-corrected chi connectivity index (χ2v) is 8.86. The van der Waals surface area contributed by atoms with Gasteiger partial charge in [-0.2, -0.15) is 0 Å². The average molecular weight is 492 g/mol. The normalized spacial score (nSPS) is 16.6. The van der Waals surface area contributed by atoms with Gasteiger partial charge in [0.25, 0.3) is 0 Å². The van der Waals surface area contributed by atoms with E-state index in [0.717, 1.165) is 11.3 Å². The lowest BCUT2D eigenvalue weighted by atomic mass is 10.0. The van der Waals surface area contributed by atoms with Gasteiger partial charge in [0, 0.05) is 5.69 Å². The smallest absolute Gasteiger partial charge is 0.240 e. The molecule has 0 bridgehead atoms. The second-order valence-electron chi connectivity index (χ2n) is 7.75. The van der Waals surface area contributed by atoms with Crippen molar-refractivity contribution in [1.29, 1.82) is 0 Å². The Morgan fingerprint density at radius 3 is 2.49 bits per heavy atom. The first-order valence-electron chi connectivity index (χ1n) is 10.9. The molecule has 0 spiro atoms. The van der Waals surface area contributed by atoms with Gasteiger partial charge in [-0.3, -0.25) is 4.79 Å². The molecule has 0 saturated carbocycles. The number of carbonyl (C=O) groups excluding carboxylic acids is 1. The first-order valence-corrected chi connectivity index (χ1v) is 11.7. The van der Waals surface area contributed by atoms with Gasteiger partial charge in [-0.25, -0.2) is 9.07 Å². The zero-order valence-corrected chi connectivity index (χ0v) is 19.5. The predicted molar refractivity (Wildman–Crippen MR) is 131 cm³/mol. The first kappa shape index (κ1) is 22.7. The Hall–Kier alpha value is -4.05. The molecule has 1 aliphatic heterocycles. The lowest BCUT2D eigenvalue weighted by Gasteiger charge is -2.33. The summed E-state index contributed by atoms with van der Waals surface area (Å²) in [4.78, 5) is 13.3. The predicted octanol–water partition coefficient (Wildman–Crippen LogP) is 4.40. The number of halogens is 1. The number of ether oxygens (including phenoxy) is 2. The minimum atomic E-state index is -0.576. The van der Waals surface area contributed by atoms with Crippen LogP contribution in [0.3, 0.4) is 0 Å². The van der Waals surface area contributed by atoms with E-state index in [1.54, 1.807) is 11.8 Å². The summed E-state index contributed by atoms with van der Waals surface area (Å²) in [5, 5.41) is 11.4. The molecule has 0 saturated heterocycles. The highest BCUT2D eigenvalue weighted by molar-refractivity contribution is 8.00. The van der Waals surface area contributed by atoms with Crippen molar-refractivity contribution in [3.05, 3.63) is 96.1 Å². The van der Waals surface area contributed by atoms with Crippen molar-refractivity contribution in [2.75, 3.05) is 17.9 Å². The van der Waals surface area contributed by atoms with Crippen LogP contribution in [-0.2, 0) is 11.4 Å². The number of rotatable bonds is 7. The number of hydrogen-bond acceptors (Lipinski definition) is 7. The molecule has 0 unspecified atom stereocenters. The van der Waals surface area contributed by atoms with Crippen LogP contribution in [0.2, 0.25) is 0 Å². The molecule has 1 aromatic heterocycles. The van der Waals surface area contributed by atoms with E-state index in [1.807, 2.05) is 54.6 Å². The van der Waals surface area contributed by atoms with Crippen LogP contribution < -0.4 is 20.2 Å². The Bertz CT molecular complexity index is 1300. The third kappa shape index (κ3) is 5.07. The summed E-state index contributed by atoms with van der Waals surface area (Å²) in [6.07, 6.45) is 0. The van der Waals surface area contributed by atoms with Crippen LogP contribution in [0, 0.1) is 5.82 Å². The van der Waals surface area contributed by atoms with Crippen molar-refractivity contribution in [2.45, 2.75) is 23.1 Å². The number of amides is 1. The van der Waals surface area contributed by atoms with Gasteiger partial charge in [-0.1, -0.05) is 42.1 Å². The number of methoxy groups -OCH3 is 1. The molecule has 1 amide bonds. The Labute approximate surface area is 205 Å². The minimum Gasteiger partial charge on any atom is -0.497 e. The fourth-order valence-electron chi connectivity index (χ4n) is 3.66. The average Bonchev–Trinajstić information content (AvgIpc) is 3.30. The molecule has 2 N–H and O–H groups in total. The van der Waals surface area contributed by atoms with Crippen molar-refractivity contribution >= 4 is 23.4 Å². The summed E-state index contributed by atoms with van der Waals surface area (Å²) in [6.45, 7) is 0.201. The monoisotopic (exact) mass is 491 g/mol. The minimum absolute atomic E-state index is 0.201. The number of nitrogens with one attached hydrogen (secondary N) is 2. The molecule has 0 fully saturated rings. The van der Waals surface area contributed by atoms with Gasteiger partial charge in [-0.15, -0.1) is 10.2 Å². The van der Waals surface area contributed by atoms with Gasteiger partial charge >= 0.3 is 0 Å². The second kappa shape index (κ2) is 10.1. The van der Waals surface area contributed by atoms with Crippen molar-refractivity contribution in [2.24, 2.45) is 0 Å². The quantitative estimate of drug-likeness (QED) is 0.396. The number of nitrogens with zero attached hydrogens (tertiary/aromatic N) is 3. The van der Waals surface area contributed by atoms with Gasteiger partial charge in [0.05, 0.1) is 13.2 Å². The van der Waals surface area contributed by atoms with Crippen LogP contribution in [0.1, 0.15) is 17.4 Å². The van der Waals surface area contributed by atoms with E-state index in [4.69, 9.17) is 9.47 Å². The fourth-order valence-corrected chi connectivity index (χ4v) is 4.76. The van der Waals surface area contributed by atoms with Crippen LogP contribution in [0.5, 0.6) is 11.5 Å². The molecule has 1 aliphatic rings. The maximum atomic E-state index is 13.3.